The van der Waals surface area contributed by atoms with Crippen LogP contribution < -0.4 is 5.32 Å². The van der Waals surface area contributed by atoms with E-state index in [1.54, 1.807) is 11.3 Å². The van der Waals surface area contributed by atoms with Crippen molar-refractivity contribution in [3.63, 3.8) is 0 Å². The van der Waals surface area contributed by atoms with E-state index in [-0.39, 0.29) is 35.0 Å². The van der Waals surface area contributed by atoms with Crippen molar-refractivity contribution >= 4 is 22.4 Å². The molecule has 1 saturated carbocycles. The second-order valence-corrected chi connectivity index (χ2v) is 10.2. The highest BCUT2D eigenvalue weighted by Crippen LogP contribution is 2.57. The number of carbonyl (C=O) groups is 1. The largest absolute Gasteiger partial charge is 0.392 e. The Bertz CT molecular complexity index is 732. The first-order chi connectivity index (χ1) is 13.4. The zero-order valence-corrected chi connectivity index (χ0v) is 18.2. The molecule has 28 heavy (non-hydrogen) atoms. The van der Waals surface area contributed by atoms with Crippen molar-refractivity contribution in [2.75, 3.05) is 38.7 Å². The summed E-state index contributed by atoms with van der Waals surface area (Å²) in [6, 6.07) is 0. The fraction of sp³-hybridized carbons (Fsp3) is 0.810. The lowest BCUT2D eigenvalue weighted by atomic mass is 9.53. The van der Waals surface area contributed by atoms with Gasteiger partial charge in [-0.15, -0.1) is 11.3 Å². The van der Waals surface area contributed by atoms with E-state index in [1.165, 1.54) is 4.88 Å². The van der Waals surface area contributed by atoms with Crippen molar-refractivity contribution < 1.29 is 14.6 Å². The SMILES string of the molecule is CNc1nc2c(s1)CC1(C)CCC(C(C)C(=O)N3CCOCC3)C(O)C1C2C. The molecule has 6 nitrogen and oxygen atoms in total. The van der Waals surface area contributed by atoms with Gasteiger partial charge in [-0.05, 0) is 36.5 Å². The van der Waals surface area contributed by atoms with Crippen LogP contribution in [0.4, 0.5) is 5.13 Å². The monoisotopic (exact) mass is 407 g/mol. The Hall–Kier alpha value is -1.18. The van der Waals surface area contributed by atoms with Crippen LogP contribution in [0.15, 0.2) is 0 Å². The van der Waals surface area contributed by atoms with Crippen molar-refractivity contribution in [1.82, 2.24) is 9.88 Å². The molecule has 1 aromatic heterocycles. The fourth-order valence-electron chi connectivity index (χ4n) is 5.91. The average Bonchev–Trinajstić information content (AvgIpc) is 3.10. The topological polar surface area (TPSA) is 74.7 Å². The maximum Gasteiger partial charge on any atom is 0.225 e. The molecular weight excluding hydrogens is 374 g/mol. The lowest BCUT2D eigenvalue weighted by molar-refractivity contribution is -0.148. The van der Waals surface area contributed by atoms with Gasteiger partial charge in [0.1, 0.15) is 0 Å². The predicted octanol–water partition coefficient (Wildman–Crippen LogP) is 2.73. The third-order valence-corrected chi connectivity index (χ3v) is 8.58. The van der Waals surface area contributed by atoms with Crippen LogP contribution in [0.25, 0.3) is 0 Å². The number of aliphatic hydroxyl groups excluding tert-OH is 1. The fourth-order valence-corrected chi connectivity index (χ4v) is 7.13. The van der Waals surface area contributed by atoms with Crippen LogP contribution in [0.5, 0.6) is 0 Å². The molecule has 2 heterocycles. The number of ether oxygens (including phenoxy) is 1. The Labute approximate surface area is 171 Å². The number of aromatic nitrogens is 1. The van der Waals surface area contributed by atoms with Crippen LogP contribution in [0.3, 0.4) is 0 Å². The maximum atomic E-state index is 13.0. The van der Waals surface area contributed by atoms with E-state index in [0.717, 1.165) is 30.1 Å². The van der Waals surface area contributed by atoms with Crippen LogP contribution in [0, 0.1) is 23.2 Å². The number of fused-ring (bicyclic) bond motifs is 2. The molecule has 1 aromatic rings. The third kappa shape index (κ3) is 3.25. The van der Waals surface area contributed by atoms with Gasteiger partial charge in [-0.25, -0.2) is 4.98 Å². The standard InChI is InChI=1S/C21H33N3O3S/c1-12(19(26)24-7-9-27-10-8-24)14-5-6-21(3)11-15-17(23-20(22-4)28-15)13(2)16(21)18(14)25/h12-14,16,18,25H,5-11H2,1-4H3,(H,22,23). The highest BCUT2D eigenvalue weighted by atomic mass is 32.1. The molecule has 0 radical (unpaired) electrons. The van der Waals surface area contributed by atoms with Gasteiger partial charge < -0.3 is 20.1 Å². The molecule has 156 valence electrons. The van der Waals surface area contributed by atoms with E-state index in [1.807, 2.05) is 18.9 Å². The minimum absolute atomic E-state index is 0.0137. The molecule has 6 atom stereocenters. The Kier molecular flexibility index (Phi) is 5.44. The number of nitrogens with zero attached hydrogens (tertiary/aromatic N) is 2. The molecule has 6 unspecified atom stereocenters. The normalized spacial score (nSPS) is 36.4. The predicted molar refractivity (Wildman–Crippen MR) is 111 cm³/mol. The summed E-state index contributed by atoms with van der Waals surface area (Å²) >= 11 is 1.75. The van der Waals surface area contributed by atoms with Crippen molar-refractivity contribution in [1.29, 1.82) is 0 Å². The summed E-state index contributed by atoms with van der Waals surface area (Å²) in [7, 11) is 1.91. The number of anilines is 1. The maximum absolute atomic E-state index is 13.0. The average molecular weight is 408 g/mol. The number of hydrogen-bond donors (Lipinski definition) is 2. The Balaban J connectivity index is 1.56. The number of morpholine rings is 1. The molecule has 3 aliphatic rings. The zero-order valence-electron chi connectivity index (χ0n) is 17.4. The summed E-state index contributed by atoms with van der Waals surface area (Å²) in [6.45, 7) is 9.10. The smallest absolute Gasteiger partial charge is 0.225 e. The van der Waals surface area contributed by atoms with E-state index >= 15 is 0 Å². The third-order valence-electron chi connectivity index (χ3n) is 7.49. The first-order valence-corrected chi connectivity index (χ1v) is 11.4. The van der Waals surface area contributed by atoms with E-state index in [4.69, 9.17) is 9.72 Å². The molecular formula is C21H33N3O3S. The molecule has 7 heteroatoms. The summed E-state index contributed by atoms with van der Waals surface area (Å²) < 4.78 is 5.38. The van der Waals surface area contributed by atoms with Gasteiger partial charge in [-0.1, -0.05) is 20.8 Å². The van der Waals surface area contributed by atoms with Crippen LogP contribution in [-0.4, -0.2) is 60.4 Å². The van der Waals surface area contributed by atoms with Crippen LogP contribution in [-0.2, 0) is 16.0 Å². The Morgan fingerprint density at radius 1 is 1.43 bits per heavy atom. The molecule has 4 rings (SSSR count). The van der Waals surface area contributed by atoms with Gasteiger partial charge in [-0.2, -0.15) is 0 Å². The minimum Gasteiger partial charge on any atom is -0.392 e. The Morgan fingerprint density at radius 2 is 2.14 bits per heavy atom. The summed E-state index contributed by atoms with van der Waals surface area (Å²) in [4.78, 5) is 21.1. The summed E-state index contributed by atoms with van der Waals surface area (Å²) in [5, 5.41) is 15.6. The second kappa shape index (κ2) is 7.58. The number of hydrogen-bond acceptors (Lipinski definition) is 6. The van der Waals surface area contributed by atoms with Crippen LogP contribution >= 0.6 is 11.3 Å². The van der Waals surface area contributed by atoms with Gasteiger partial charge in [0.2, 0.25) is 5.91 Å². The Morgan fingerprint density at radius 3 is 2.82 bits per heavy atom. The van der Waals surface area contributed by atoms with E-state index in [2.05, 4.69) is 19.2 Å². The molecule has 1 saturated heterocycles. The van der Waals surface area contributed by atoms with Gasteiger partial charge >= 0.3 is 0 Å². The highest BCUT2D eigenvalue weighted by molar-refractivity contribution is 7.15. The summed E-state index contributed by atoms with van der Waals surface area (Å²) in [5.41, 5.74) is 1.21. The van der Waals surface area contributed by atoms with E-state index in [0.29, 0.717) is 26.3 Å². The van der Waals surface area contributed by atoms with Crippen molar-refractivity contribution in [2.45, 2.75) is 52.1 Å². The molecule has 1 amide bonds. The lowest BCUT2D eigenvalue weighted by Gasteiger charge is -2.53. The van der Waals surface area contributed by atoms with Gasteiger partial charge in [0.15, 0.2) is 5.13 Å². The van der Waals surface area contributed by atoms with Gasteiger partial charge in [0, 0.05) is 36.9 Å². The zero-order chi connectivity index (χ0) is 20.1. The number of amides is 1. The summed E-state index contributed by atoms with van der Waals surface area (Å²) in [5.74, 6) is 0.377. The second-order valence-electron chi connectivity index (χ2n) is 9.14. The van der Waals surface area contributed by atoms with E-state index in [9.17, 15) is 9.90 Å². The number of aliphatic hydroxyl groups is 1. The van der Waals surface area contributed by atoms with Crippen molar-refractivity contribution in [2.24, 2.45) is 23.2 Å². The molecule has 0 spiro atoms. The minimum atomic E-state index is -0.471. The van der Waals surface area contributed by atoms with E-state index < -0.39 is 6.10 Å². The van der Waals surface area contributed by atoms with Gasteiger partial charge in [-0.3, -0.25) is 4.79 Å². The highest BCUT2D eigenvalue weighted by Gasteiger charge is 2.54. The summed E-state index contributed by atoms with van der Waals surface area (Å²) in [6.07, 6.45) is 2.47. The lowest BCUT2D eigenvalue weighted by Crippen LogP contribution is -2.54. The molecule has 2 aliphatic carbocycles. The molecule has 1 aliphatic heterocycles. The van der Waals surface area contributed by atoms with Crippen LogP contribution in [0.2, 0.25) is 0 Å². The number of thiazole rings is 1. The van der Waals surface area contributed by atoms with Gasteiger partial charge in [0.25, 0.3) is 0 Å². The first-order valence-electron chi connectivity index (χ1n) is 10.6. The van der Waals surface area contributed by atoms with Crippen molar-refractivity contribution in [3.05, 3.63) is 10.6 Å². The number of nitrogens with one attached hydrogen (secondary N) is 1. The number of carbonyl (C=O) groups excluding carboxylic acids is 1. The van der Waals surface area contributed by atoms with Crippen molar-refractivity contribution in [3.8, 4) is 0 Å². The molecule has 2 N–H and O–H groups in total. The molecule has 0 aromatic carbocycles. The van der Waals surface area contributed by atoms with Crippen LogP contribution in [0.1, 0.15) is 50.1 Å². The molecule has 0 bridgehead atoms. The van der Waals surface area contributed by atoms with Gasteiger partial charge in [0.05, 0.1) is 25.0 Å². The molecule has 2 fully saturated rings. The number of rotatable bonds is 3. The first kappa shape index (κ1) is 20.1. The quantitative estimate of drug-likeness (QED) is 0.806.